The molecule has 74 valence electrons. The molecule has 14 heavy (non-hydrogen) atoms. The van der Waals surface area contributed by atoms with Crippen LogP contribution in [0.3, 0.4) is 0 Å². The second-order valence-corrected chi connectivity index (χ2v) is 2.73. The average molecular weight is 191 g/mol. The van der Waals surface area contributed by atoms with Crippen LogP contribution in [-0.2, 0) is 9.53 Å². The van der Waals surface area contributed by atoms with Crippen molar-refractivity contribution in [3.05, 3.63) is 35.9 Å². The van der Waals surface area contributed by atoms with E-state index in [1.165, 1.54) is 13.2 Å². The van der Waals surface area contributed by atoms with Gasteiger partial charge < -0.3 is 10.1 Å². The third-order valence-electron chi connectivity index (χ3n) is 1.81. The van der Waals surface area contributed by atoms with Gasteiger partial charge in [0, 0.05) is 18.8 Å². The maximum atomic E-state index is 10.8. The van der Waals surface area contributed by atoms with Gasteiger partial charge in [0.15, 0.2) is 0 Å². The molecule has 0 spiro atoms. The molecule has 0 heterocycles. The fraction of sp³-hybridized carbons (Fsp3) is 0.182. The van der Waals surface area contributed by atoms with E-state index in [4.69, 9.17) is 0 Å². The van der Waals surface area contributed by atoms with Crippen LogP contribution in [0, 0.1) is 0 Å². The highest BCUT2D eigenvalue weighted by atomic mass is 16.5. The molecule has 0 aliphatic heterocycles. The monoisotopic (exact) mass is 191 g/mol. The van der Waals surface area contributed by atoms with Crippen molar-refractivity contribution in [2.75, 3.05) is 19.5 Å². The topological polar surface area (TPSA) is 38.3 Å². The maximum Gasteiger partial charge on any atom is 0.330 e. The van der Waals surface area contributed by atoms with E-state index in [0.717, 1.165) is 11.3 Å². The van der Waals surface area contributed by atoms with E-state index in [1.807, 2.05) is 31.3 Å². The van der Waals surface area contributed by atoms with Crippen LogP contribution < -0.4 is 5.32 Å². The minimum atomic E-state index is -0.345. The molecule has 0 unspecified atom stereocenters. The number of benzene rings is 1. The molecular weight excluding hydrogens is 178 g/mol. The highest BCUT2D eigenvalue weighted by molar-refractivity contribution is 5.86. The van der Waals surface area contributed by atoms with Crippen LogP contribution in [0.15, 0.2) is 30.3 Å². The lowest BCUT2D eigenvalue weighted by atomic mass is 10.2. The van der Waals surface area contributed by atoms with Crippen LogP contribution in [0.25, 0.3) is 6.08 Å². The van der Waals surface area contributed by atoms with Gasteiger partial charge >= 0.3 is 5.97 Å². The van der Waals surface area contributed by atoms with Gasteiger partial charge in [-0.3, -0.25) is 0 Å². The van der Waals surface area contributed by atoms with Crippen LogP contribution >= 0.6 is 0 Å². The summed E-state index contributed by atoms with van der Waals surface area (Å²) in [5, 5.41) is 3.01. The molecule has 1 aromatic rings. The van der Waals surface area contributed by atoms with Crippen molar-refractivity contribution in [3.63, 3.8) is 0 Å². The highest BCUT2D eigenvalue weighted by Crippen LogP contribution is 2.09. The van der Waals surface area contributed by atoms with Crippen molar-refractivity contribution in [1.29, 1.82) is 0 Å². The SMILES string of the molecule is CNc1ccc(C=CC(=O)OC)cc1. The van der Waals surface area contributed by atoms with Crippen molar-refractivity contribution in [2.24, 2.45) is 0 Å². The minimum absolute atomic E-state index is 0.345. The summed E-state index contributed by atoms with van der Waals surface area (Å²) in [4.78, 5) is 10.8. The quantitative estimate of drug-likeness (QED) is 0.586. The molecule has 0 aliphatic rings. The van der Waals surface area contributed by atoms with Crippen molar-refractivity contribution >= 4 is 17.7 Å². The van der Waals surface area contributed by atoms with Crippen LogP contribution in [-0.4, -0.2) is 20.1 Å². The van der Waals surface area contributed by atoms with E-state index in [2.05, 4.69) is 10.1 Å². The van der Waals surface area contributed by atoms with E-state index in [0.29, 0.717) is 0 Å². The Kier molecular flexibility index (Phi) is 3.73. The molecule has 3 nitrogen and oxygen atoms in total. The van der Waals surface area contributed by atoms with Gasteiger partial charge in [0.25, 0.3) is 0 Å². The van der Waals surface area contributed by atoms with E-state index >= 15 is 0 Å². The largest absolute Gasteiger partial charge is 0.466 e. The number of ether oxygens (including phenoxy) is 1. The standard InChI is InChI=1S/C11H13NO2/c1-12-10-6-3-9(4-7-10)5-8-11(13)14-2/h3-8,12H,1-2H3. The second kappa shape index (κ2) is 5.07. The Balaban J connectivity index is 2.68. The molecule has 1 aromatic carbocycles. The molecule has 0 radical (unpaired) electrons. The number of hydrogen-bond donors (Lipinski definition) is 1. The zero-order chi connectivity index (χ0) is 10.4. The average Bonchev–Trinajstić information content (AvgIpc) is 2.26. The van der Waals surface area contributed by atoms with Gasteiger partial charge in [-0.15, -0.1) is 0 Å². The highest BCUT2D eigenvalue weighted by Gasteiger charge is 1.92. The molecular formula is C11H13NO2. The first-order chi connectivity index (χ1) is 6.76. The van der Waals surface area contributed by atoms with Gasteiger partial charge in [-0.2, -0.15) is 0 Å². The van der Waals surface area contributed by atoms with E-state index in [9.17, 15) is 4.79 Å². The predicted molar refractivity (Wildman–Crippen MR) is 57.0 cm³/mol. The normalized spacial score (nSPS) is 10.1. The molecule has 3 heteroatoms. The van der Waals surface area contributed by atoms with Gasteiger partial charge in [0.05, 0.1) is 7.11 Å². The number of esters is 1. The summed E-state index contributed by atoms with van der Waals surface area (Å²) in [6.45, 7) is 0. The Morgan fingerprint density at radius 1 is 1.36 bits per heavy atom. The summed E-state index contributed by atoms with van der Waals surface area (Å²) in [6, 6.07) is 7.73. The zero-order valence-electron chi connectivity index (χ0n) is 8.28. The van der Waals surface area contributed by atoms with Gasteiger partial charge in [-0.05, 0) is 23.8 Å². The van der Waals surface area contributed by atoms with Crippen LogP contribution in [0.5, 0.6) is 0 Å². The summed E-state index contributed by atoms with van der Waals surface area (Å²) < 4.78 is 4.48. The van der Waals surface area contributed by atoms with Crippen molar-refractivity contribution < 1.29 is 9.53 Å². The Labute approximate surface area is 83.4 Å². The molecule has 0 atom stereocenters. The zero-order valence-corrected chi connectivity index (χ0v) is 8.28. The Morgan fingerprint density at radius 3 is 2.50 bits per heavy atom. The summed E-state index contributed by atoms with van der Waals surface area (Å²) in [7, 11) is 3.22. The van der Waals surface area contributed by atoms with Crippen LogP contribution in [0.1, 0.15) is 5.56 Å². The minimum Gasteiger partial charge on any atom is -0.466 e. The lowest BCUT2D eigenvalue weighted by Gasteiger charge is -1.99. The first-order valence-corrected chi connectivity index (χ1v) is 4.30. The molecule has 1 rings (SSSR count). The second-order valence-electron chi connectivity index (χ2n) is 2.73. The summed E-state index contributed by atoms with van der Waals surface area (Å²) >= 11 is 0. The molecule has 0 aliphatic carbocycles. The number of methoxy groups -OCH3 is 1. The van der Waals surface area contributed by atoms with Gasteiger partial charge in [-0.25, -0.2) is 4.79 Å². The van der Waals surface area contributed by atoms with Crippen molar-refractivity contribution in [1.82, 2.24) is 0 Å². The number of rotatable bonds is 3. The smallest absolute Gasteiger partial charge is 0.330 e. The summed E-state index contributed by atoms with van der Waals surface area (Å²) in [5.41, 5.74) is 2.01. The maximum absolute atomic E-state index is 10.8. The van der Waals surface area contributed by atoms with E-state index in [-0.39, 0.29) is 5.97 Å². The number of carbonyl (C=O) groups is 1. The molecule has 0 saturated heterocycles. The number of hydrogen-bond acceptors (Lipinski definition) is 3. The number of anilines is 1. The van der Waals surface area contributed by atoms with Gasteiger partial charge in [0.1, 0.15) is 0 Å². The van der Waals surface area contributed by atoms with Gasteiger partial charge in [0.2, 0.25) is 0 Å². The first-order valence-electron chi connectivity index (χ1n) is 4.30. The van der Waals surface area contributed by atoms with E-state index < -0.39 is 0 Å². The van der Waals surface area contributed by atoms with Crippen LogP contribution in [0.4, 0.5) is 5.69 Å². The number of nitrogens with one attached hydrogen (secondary N) is 1. The molecule has 0 fully saturated rings. The lowest BCUT2D eigenvalue weighted by molar-refractivity contribution is -0.134. The molecule has 0 amide bonds. The fourth-order valence-corrected chi connectivity index (χ4v) is 0.993. The molecule has 1 N–H and O–H groups in total. The first kappa shape index (κ1) is 10.3. The molecule has 0 aromatic heterocycles. The third kappa shape index (κ3) is 2.94. The Hall–Kier alpha value is -1.77. The number of carbonyl (C=O) groups excluding carboxylic acids is 1. The predicted octanol–water partition coefficient (Wildman–Crippen LogP) is 1.91. The molecule has 0 bridgehead atoms. The summed E-state index contributed by atoms with van der Waals surface area (Å²) in [5.74, 6) is -0.345. The van der Waals surface area contributed by atoms with Crippen molar-refractivity contribution in [3.8, 4) is 0 Å². The fourth-order valence-electron chi connectivity index (χ4n) is 0.993. The van der Waals surface area contributed by atoms with Crippen molar-refractivity contribution in [2.45, 2.75) is 0 Å². The molecule has 0 saturated carbocycles. The lowest BCUT2D eigenvalue weighted by Crippen LogP contribution is -1.93. The Bertz CT molecular complexity index is 328. The van der Waals surface area contributed by atoms with E-state index in [1.54, 1.807) is 6.08 Å². The van der Waals surface area contributed by atoms with Crippen LogP contribution in [0.2, 0.25) is 0 Å². The third-order valence-corrected chi connectivity index (χ3v) is 1.81. The van der Waals surface area contributed by atoms with Gasteiger partial charge in [-0.1, -0.05) is 12.1 Å². The summed E-state index contributed by atoms with van der Waals surface area (Å²) in [6.07, 6.45) is 3.11. The Morgan fingerprint density at radius 2 is 2.00 bits per heavy atom.